The Morgan fingerprint density at radius 2 is 1.80 bits per heavy atom. The Labute approximate surface area is 90.8 Å². The van der Waals surface area contributed by atoms with Gasteiger partial charge in [-0.25, -0.2) is 0 Å². The fraction of sp³-hybridized carbons (Fsp3) is 0.0769. The van der Waals surface area contributed by atoms with Crippen molar-refractivity contribution in [1.29, 1.82) is 0 Å². The minimum Gasteiger partial charge on any atom is -0.288 e. The molecule has 0 fully saturated rings. The van der Waals surface area contributed by atoms with E-state index in [-0.39, 0.29) is 1.43 Å². The standard InChI is InChI=1S/C13H12N2.H/c1-2-4-12(5-3-1)10-15-11-13-6-8-14-9-7-13;/h1-10H,11H2;. The third kappa shape index (κ3) is 3.02. The third-order valence-electron chi connectivity index (χ3n) is 2.06. The summed E-state index contributed by atoms with van der Waals surface area (Å²) in [4.78, 5) is 8.32. The van der Waals surface area contributed by atoms with Gasteiger partial charge in [0.25, 0.3) is 0 Å². The van der Waals surface area contributed by atoms with Gasteiger partial charge in [-0.3, -0.25) is 9.98 Å². The molecule has 2 aromatic rings. The number of aliphatic imine (C=N–C) groups is 1. The fourth-order valence-electron chi connectivity index (χ4n) is 1.28. The molecule has 75 valence electrons. The number of hydrogen-bond acceptors (Lipinski definition) is 2. The molecule has 0 amide bonds. The van der Waals surface area contributed by atoms with Gasteiger partial charge in [0.1, 0.15) is 0 Å². The van der Waals surface area contributed by atoms with Crippen molar-refractivity contribution in [2.24, 2.45) is 4.99 Å². The van der Waals surface area contributed by atoms with Gasteiger partial charge in [-0.15, -0.1) is 0 Å². The molecule has 1 aromatic heterocycles. The monoisotopic (exact) mass is 197 g/mol. The first-order valence-electron chi connectivity index (χ1n) is 4.89. The van der Waals surface area contributed by atoms with E-state index in [1.165, 1.54) is 5.56 Å². The van der Waals surface area contributed by atoms with Crippen molar-refractivity contribution in [3.05, 3.63) is 66.0 Å². The zero-order chi connectivity index (χ0) is 10.3. The second-order valence-corrected chi connectivity index (χ2v) is 3.24. The van der Waals surface area contributed by atoms with Gasteiger partial charge in [-0.1, -0.05) is 30.3 Å². The molecule has 2 rings (SSSR count). The summed E-state index contributed by atoms with van der Waals surface area (Å²) in [5.74, 6) is 0. The predicted molar refractivity (Wildman–Crippen MR) is 63.1 cm³/mol. The van der Waals surface area contributed by atoms with E-state index in [0.29, 0.717) is 6.54 Å². The molecule has 0 N–H and O–H groups in total. The SMILES string of the molecule is C(=NCc1ccncc1)c1ccccc1.[H]. The summed E-state index contributed by atoms with van der Waals surface area (Å²) in [6.45, 7) is 0.706. The quantitative estimate of drug-likeness (QED) is 0.694. The van der Waals surface area contributed by atoms with Crippen LogP contribution in [0.25, 0.3) is 0 Å². The van der Waals surface area contributed by atoms with Crippen LogP contribution in [0.5, 0.6) is 0 Å². The molecule has 0 spiro atoms. The maximum Gasteiger partial charge on any atom is 0.0641 e. The Morgan fingerprint density at radius 3 is 2.53 bits per heavy atom. The molecule has 0 bridgehead atoms. The van der Waals surface area contributed by atoms with Crippen molar-refractivity contribution in [1.82, 2.24) is 4.98 Å². The van der Waals surface area contributed by atoms with Gasteiger partial charge in [0, 0.05) is 20.0 Å². The van der Waals surface area contributed by atoms with E-state index in [2.05, 4.69) is 9.98 Å². The summed E-state index contributed by atoms with van der Waals surface area (Å²) in [6, 6.07) is 14.0. The smallest absolute Gasteiger partial charge is 0.0641 e. The zero-order valence-corrected chi connectivity index (χ0v) is 8.38. The van der Waals surface area contributed by atoms with E-state index >= 15 is 0 Å². The Kier molecular flexibility index (Phi) is 3.23. The number of nitrogens with zero attached hydrogens (tertiary/aromatic N) is 2. The molecule has 1 heterocycles. The summed E-state index contributed by atoms with van der Waals surface area (Å²) in [5, 5.41) is 0. The van der Waals surface area contributed by atoms with Crippen LogP contribution in [0.2, 0.25) is 0 Å². The minimum atomic E-state index is 0. The molecule has 0 saturated heterocycles. The average molecular weight is 197 g/mol. The lowest BCUT2D eigenvalue weighted by atomic mass is 10.2. The van der Waals surface area contributed by atoms with Crippen LogP contribution in [0.15, 0.2) is 59.9 Å². The topological polar surface area (TPSA) is 25.2 Å². The van der Waals surface area contributed by atoms with E-state index in [4.69, 9.17) is 0 Å². The second kappa shape index (κ2) is 5.05. The van der Waals surface area contributed by atoms with E-state index in [1.807, 2.05) is 48.7 Å². The first-order chi connectivity index (χ1) is 7.45. The zero-order valence-electron chi connectivity index (χ0n) is 9.38. The number of benzene rings is 1. The van der Waals surface area contributed by atoms with Gasteiger partial charge in [0.15, 0.2) is 0 Å². The first-order valence-corrected chi connectivity index (χ1v) is 4.89. The molecule has 0 unspecified atom stereocenters. The number of hydrogen-bond donors (Lipinski definition) is 0. The molecule has 0 aliphatic heterocycles. The lowest BCUT2D eigenvalue weighted by molar-refractivity contribution is 1.06. The molecule has 0 saturated carbocycles. The molecular formula is C13H13N2. The molecule has 15 heavy (non-hydrogen) atoms. The Balaban J connectivity index is 0.00000128. The highest BCUT2D eigenvalue weighted by Gasteiger charge is 1.87. The van der Waals surface area contributed by atoms with Crippen LogP contribution in [0, 0.1) is 0 Å². The van der Waals surface area contributed by atoms with Crippen LogP contribution >= 0.6 is 0 Å². The highest BCUT2D eigenvalue weighted by atomic mass is 14.7. The highest BCUT2D eigenvalue weighted by Crippen LogP contribution is 1.99. The second-order valence-electron chi connectivity index (χ2n) is 3.24. The summed E-state index contributed by atoms with van der Waals surface area (Å²) in [5.41, 5.74) is 2.31. The Morgan fingerprint density at radius 1 is 1.07 bits per heavy atom. The molecule has 1 radical (unpaired) electrons. The summed E-state index contributed by atoms with van der Waals surface area (Å²) in [7, 11) is 0. The van der Waals surface area contributed by atoms with Crippen molar-refractivity contribution in [3.8, 4) is 0 Å². The highest BCUT2D eigenvalue weighted by molar-refractivity contribution is 5.79. The van der Waals surface area contributed by atoms with Gasteiger partial charge in [-0.2, -0.15) is 0 Å². The third-order valence-corrected chi connectivity index (χ3v) is 2.06. The molecule has 1 aromatic carbocycles. The van der Waals surface area contributed by atoms with Crippen LogP contribution in [0.3, 0.4) is 0 Å². The fourth-order valence-corrected chi connectivity index (χ4v) is 1.28. The summed E-state index contributed by atoms with van der Waals surface area (Å²) >= 11 is 0. The van der Waals surface area contributed by atoms with Crippen molar-refractivity contribution >= 4 is 6.21 Å². The molecular weight excluding hydrogens is 184 g/mol. The van der Waals surface area contributed by atoms with E-state index in [1.54, 1.807) is 12.4 Å². The van der Waals surface area contributed by atoms with Crippen molar-refractivity contribution in [2.45, 2.75) is 6.54 Å². The molecule has 0 aliphatic carbocycles. The molecule has 0 aliphatic rings. The number of aromatic nitrogens is 1. The summed E-state index contributed by atoms with van der Waals surface area (Å²) in [6.07, 6.45) is 5.46. The van der Waals surface area contributed by atoms with Gasteiger partial charge in [0.05, 0.1) is 6.54 Å². The maximum absolute atomic E-state index is 4.36. The van der Waals surface area contributed by atoms with Gasteiger partial charge in [0.2, 0.25) is 0 Å². The summed E-state index contributed by atoms with van der Waals surface area (Å²) < 4.78 is 0. The molecule has 2 heteroatoms. The van der Waals surface area contributed by atoms with Crippen molar-refractivity contribution in [2.75, 3.05) is 0 Å². The largest absolute Gasteiger partial charge is 0.288 e. The molecule has 0 atom stereocenters. The first kappa shape index (κ1) is 9.59. The van der Waals surface area contributed by atoms with Crippen LogP contribution in [0.4, 0.5) is 0 Å². The average Bonchev–Trinajstić information content (AvgIpc) is 2.32. The van der Waals surface area contributed by atoms with Crippen molar-refractivity contribution in [3.63, 3.8) is 0 Å². The molecule has 2 nitrogen and oxygen atoms in total. The van der Waals surface area contributed by atoms with Gasteiger partial charge >= 0.3 is 0 Å². The Hall–Kier alpha value is -1.96. The van der Waals surface area contributed by atoms with Crippen molar-refractivity contribution < 1.29 is 1.43 Å². The van der Waals surface area contributed by atoms with E-state index in [0.717, 1.165) is 5.56 Å². The van der Waals surface area contributed by atoms with Crippen LogP contribution in [-0.4, -0.2) is 11.2 Å². The van der Waals surface area contributed by atoms with E-state index in [9.17, 15) is 0 Å². The lowest BCUT2D eigenvalue weighted by Gasteiger charge is -1.94. The maximum atomic E-state index is 4.36. The van der Waals surface area contributed by atoms with Gasteiger partial charge in [-0.05, 0) is 23.3 Å². The van der Waals surface area contributed by atoms with E-state index < -0.39 is 0 Å². The normalized spacial score (nSPS) is 10.7. The number of pyridine rings is 1. The Bertz CT molecular complexity index is 426. The number of rotatable bonds is 3. The minimum absolute atomic E-state index is 0. The lowest BCUT2D eigenvalue weighted by Crippen LogP contribution is -1.84. The van der Waals surface area contributed by atoms with Gasteiger partial charge < -0.3 is 0 Å². The van der Waals surface area contributed by atoms with Crippen LogP contribution in [-0.2, 0) is 6.54 Å². The van der Waals surface area contributed by atoms with Crippen LogP contribution in [0.1, 0.15) is 12.6 Å². The van der Waals surface area contributed by atoms with Crippen LogP contribution < -0.4 is 0 Å². The predicted octanol–water partition coefficient (Wildman–Crippen LogP) is 2.81.